The fraction of sp³-hybridized carbons (Fsp3) is 0.222. The van der Waals surface area contributed by atoms with Crippen molar-refractivity contribution in [3.05, 3.63) is 28.2 Å². The van der Waals surface area contributed by atoms with Crippen molar-refractivity contribution in [3.63, 3.8) is 0 Å². The minimum Gasteiger partial charge on any atom is -0.497 e. The van der Waals surface area contributed by atoms with Crippen molar-refractivity contribution < 1.29 is 9.57 Å². The molecule has 0 spiro atoms. The predicted octanol–water partition coefficient (Wildman–Crippen LogP) is 2.03. The molecule has 0 fully saturated rings. The molecular formula is C9H8BrN2O2. The molecule has 1 aromatic carbocycles. The van der Waals surface area contributed by atoms with Crippen LogP contribution in [0.1, 0.15) is 11.7 Å². The van der Waals surface area contributed by atoms with Gasteiger partial charge < -0.3 is 4.74 Å². The van der Waals surface area contributed by atoms with Gasteiger partial charge in [0.25, 0.3) is 0 Å². The Morgan fingerprint density at radius 2 is 2.29 bits per heavy atom. The van der Waals surface area contributed by atoms with Crippen LogP contribution in [0.5, 0.6) is 5.75 Å². The van der Waals surface area contributed by atoms with E-state index in [-0.39, 0.29) is 6.10 Å². The van der Waals surface area contributed by atoms with E-state index in [0.717, 1.165) is 15.8 Å². The van der Waals surface area contributed by atoms with Crippen molar-refractivity contribution >= 4 is 22.1 Å². The zero-order chi connectivity index (χ0) is 9.97. The number of hydrogen-bond acceptors (Lipinski definition) is 3. The summed E-state index contributed by atoms with van der Waals surface area (Å²) in [6.07, 6.45) is 1.43. The molecule has 1 atom stereocenters. The molecule has 1 aliphatic heterocycles. The first kappa shape index (κ1) is 9.48. The molecule has 0 saturated carbocycles. The summed E-state index contributed by atoms with van der Waals surface area (Å²) in [5.41, 5.74) is 4.40. The molecule has 0 amide bonds. The molecule has 0 saturated heterocycles. The van der Waals surface area contributed by atoms with Gasteiger partial charge in [-0.1, -0.05) is 15.9 Å². The van der Waals surface area contributed by atoms with Crippen molar-refractivity contribution in [1.29, 1.82) is 0 Å². The third-order valence-electron chi connectivity index (χ3n) is 1.87. The third-order valence-corrected chi connectivity index (χ3v) is 2.33. The molecule has 14 heavy (non-hydrogen) atoms. The van der Waals surface area contributed by atoms with Crippen molar-refractivity contribution in [2.45, 2.75) is 6.10 Å². The smallest absolute Gasteiger partial charge is 0.152 e. The quantitative estimate of drug-likeness (QED) is 0.812. The number of nitrogens with zero attached hydrogens (tertiary/aromatic N) is 2. The van der Waals surface area contributed by atoms with Crippen LogP contribution in [0.25, 0.3) is 0 Å². The molecule has 0 aromatic heterocycles. The summed E-state index contributed by atoms with van der Waals surface area (Å²) in [7, 11) is 1.62. The maximum Gasteiger partial charge on any atom is 0.152 e. The van der Waals surface area contributed by atoms with Crippen LogP contribution in [0.4, 0.5) is 0 Å². The van der Waals surface area contributed by atoms with Gasteiger partial charge >= 0.3 is 0 Å². The lowest BCUT2D eigenvalue weighted by molar-refractivity contribution is 0.0274. The first-order valence-electron chi connectivity index (χ1n) is 4.03. The maximum absolute atomic E-state index is 5.13. The highest BCUT2D eigenvalue weighted by molar-refractivity contribution is 9.10. The molecule has 1 unspecified atom stereocenters. The summed E-state index contributed by atoms with van der Waals surface area (Å²) in [4.78, 5) is 5.02. The van der Waals surface area contributed by atoms with E-state index in [1.165, 1.54) is 0 Å². The summed E-state index contributed by atoms with van der Waals surface area (Å²) in [5, 5.41) is 3.65. The van der Waals surface area contributed by atoms with Crippen LogP contribution in [0, 0.1) is 0 Å². The number of benzene rings is 1. The Hall–Kier alpha value is -1.07. The first-order chi connectivity index (χ1) is 6.79. The van der Waals surface area contributed by atoms with E-state index in [2.05, 4.69) is 26.6 Å². The summed E-state index contributed by atoms with van der Waals surface area (Å²) >= 11 is 3.39. The van der Waals surface area contributed by atoms with E-state index in [1.54, 1.807) is 13.3 Å². The molecule has 1 radical (unpaired) electrons. The maximum atomic E-state index is 5.13. The molecular weight excluding hydrogens is 248 g/mol. The minimum atomic E-state index is -0.207. The van der Waals surface area contributed by atoms with Crippen LogP contribution in [0.2, 0.25) is 0 Å². The molecule has 0 aliphatic carbocycles. The van der Waals surface area contributed by atoms with Gasteiger partial charge in [-0.15, -0.1) is 5.10 Å². The largest absolute Gasteiger partial charge is 0.497 e. The lowest BCUT2D eigenvalue weighted by atomic mass is 10.1. The van der Waals surface area contributed by atoms with Crippen LogP contribution < -0.4 is 10.3 Å². The Bertz CT molecular complexity index is 368. The number of ether oxygens (including phenoxy) is 1. The van der Waals surface area contributed by atoms with E-state index in [9.17, 15) is 0 Å². The predicted molar refractivity (Wildman–Crippen MR) is 55.1 cm³/mol. The van der Waals surface area contributed by atoms with Crippen LogP contribution in [-0.4, -0.2) is 13.3 Å². The summed E-state index contributed by atoms with van der Waals surface area (Å²) in [6, 6.07) is 5.72. The van der Waals surface area contributed by atoms with Gasteiger partial charge in [-0.3, -0.25) is 0 Å². The molecule has 73 valence electrons. The first-order valence-corrected chi connectivity index (χ1v) is 4.82. The van der Waals surface area contributed by atoms with Gasteiger partial charge in [0.2, 0.25) is 0 Å². The van der Waals surface area contributed by atoms with Gasteiger partial charge in [-0.2, -0.15) is 0 Å². The normalized spacial score (nSPS) is 19.4. The van der Waals surface area contributed by atoms with E-state index in [1.807, 2.05) is 18.2 Å². The average Bonchev–Trinajstić information content (AvgIpc) is 2.69. The van der Waals surface area contributed by atoms with E-state index < -0.39 is 0 Å². The fourth-order valence-corrected chi connectivity index (χ4v) is 1.70. The standard InChI is InChI=1S/C9H8BrN2O2/c1-13-8-3-6(2-7(10)4-8)9-5-11-12-14-9/h2-5,9H,1H3. The van der Waals surface area contributed by atoms with E-state index >= 15 is 0 Å². The van der Waals surface area contributed by atoms with Crippen LogP contribution in [0.3, 0.4) is 0 Å². The second kappa shape index (κ2) is 3.98. The zero-order valence-electron chi connectivity index (χ0n) is 7.48. The number of methoxy groups -OCH3 is 1. The van der Waals surface area contributed by atoms with Gasteiger partial charge in [0.1, 0.15) is 5.75 Å². The monoisotopic (exact) mass is 255 g/mol. The molecule has 2 rings (SSSR count). The molecule has 1 heterocycles. The summed E-state index contributed by atoms with van der Waals surface area (Å²) in [5.74, 6) is 0.776. The number of hydrogen-bond donors (Lipinski definition) is 0. The highest BCUT2D eigenvalue weighted by Crippen LogP contribution is 2.27. The Morgan fingerprint density at radius 3 is 2.93 bits per heavy atom. The van der Waals surface area contributed by atoms with Gasteiger partial charge in [0.05, 0.1) is 13.3 Å². The van der Waals surface area contributed by atoms with Crippen molar-refractivity contribution in [3.8, 4) is 5.75 Å². The highest BCUT2D eigenvalue weighted by Gasteiger charge is 2.16. The fourth-order valence-electron chi connectivity index (χ4n) is 1.21. The minimum absolute atomic E-state index is 0.207. The van der Waals surface area contributed by atoms with Gasteiger partial charge in [0.15, 0.2) is 6.10 Å². The summed E-state index contributed by atoms with van der Waals surface area (Å²) < 4.78 is 6.08. The van der Waals surface area contributed by atoms with Crippen molar-refractivity contribution in [1.82, 2.24) is 5.59 Å². The second-order valence-electron chi connectivity index (χ2n) is 2.80. The SMILES string of the molecule is COc1cc(Br)cc(C2C=N[N]O2)c1. The average molecular weight is 256 g/mol. The second-order valence-corrected chi connectivity index (χ2v) is 3.71. The zero-order valence-corrected chi connectivity index (χ0v) is 9.06. The van der Waals surface area contributed by atoms with E-state index in [4.69, 9.17) is 9.57 Å². The number of rotatable bonds is 2. The molecule has 0 N–H and O–H groups in total. The molecule has 1 aliphatic rings. The van der Waals surface area contributed by atoms with Crippen molar-refractivity contribution in [2.24, 2.45) is 5.10 Å². The van der Waals surface area contributed by atoms with Crippen LogP contribution >= 0.6 is 15.9 Å². The van der Waals surface area contributed by atoms with Gasteiger partial charge in [0, 0.05) is 4.47 Å². The number of halogens is 1. The lowest BCUT2D eigenvalue weighted by Gasteiger charge is -2.08. The molecule has 0 bridgehead atoms. The Balaban J connectivity index is 2.32. The van der Waals surface area contributed by atoms with Crippen LogP contribution in [-0.2, 0) is 4.84 Å². The van der Waals surface area contributed by atoms with Crippen molar-refractivity contribution in [2.75, 3.05) is 7.11 Å². The van der Waals surface area contributed by atoms with Gasteiger partial charge in [-0.25, -0.2) is 4.84 Å². The topological polar surface area (TPSA) is 44.9 Å². The molecule has 4 nitrogen and oxygen atoms in total. The lowest BCUT2D eigenvalue weighted by Crippen LogP contribution is -2.01. The van der Waals surface area contributed by atoms with E-state index in [0.29, 0.717) is 0 Å². The molecule has 5 heteroatoms. The Morgan fingerprint density at radius 1 is 1.43 bits per heavy atom. The molecule has 1 aromatic rings. The Labute approximate surface area is 90.0 Å². The summed E-state index contributed by atoms with van der Waals surface area (Å²) in [6.45, 7) is 0. The van der Waals surface area contributed by atoms with Gasteiger partial charge in [-0.05, 0) is 29.4 Å². The van der Waals surface area contributed by atoms with Crippen LogP contribution in [0.15, 0.2) is 27.8 Å². The highest BCUT2D eigenvalue weighted by atomic mass is 79.9. The third kappa shape index (κ3) is 1.88. The Kier molecular flexibility index (Phi) is 2.69.